The Hall–Kier alpha value is -4.39. The third-order valence-corrected chi connectivity index (χ3v) is 7.51. The van der Waals surface area contributed by atoms with Crippen LogP contribution in [0.25, 0.3) is 22.2 Å². The molecule has 0 unspecified atom stereocenters. The van der Waals surface area contributed by atoms with Gasteiger partial charge in [0.05, 0.1) is 16.6 Å². The van der Waals surface area contributed by atoms with Crippen molar-refractivity contribution in [3.8, 4) is 11.1 Å². The van der Waals surface area contributed by atoms with Crippen molar-refractivity contribution in [3.05, 3.63) is 60.3 Å². The van der Waals surface area contributed by atoms with Gasteiger partial charge in [0.25, 0.3) is 0 Å². The average Bonchev–Trinajstić information content (AvgIpc) is 3.70. The number of halogens is 4. The van der Waals surface area contributed by atoms with Crippen molar-refractivity contribution >= 4 is 39.9 Å². The third kappa shape index (κ3) is 5.36. The molecule has 4 aromatic rings. The lowest BCUT2D eigenvalue weighted by Crippen LogP contribution is -2.45. The Balaban J connectivity index is 1.21. The Morgan fingerprint density at radius 1 is 1.02 bits per heavy atom. The number of rotatable bonds is 5. The number of nitrogen functional groups attached to an aromatic ring is 1. The van der Waals surface area contributed by atoms with E-state index in [2.05, 4.69) is 20.6 Å². The maximum absolute atomic E-state index is 15.2. The summed E-state index contributed by atoms with van der Waals surface area (Å²) in [6.07, 6.45) is 0.688. The summed E-state index contributed by atoms with van der Waals surface area (Å²) in [5, 5.41) is 5.39. The fourth-order valence-corrected chi connectivity index (χ4v) is 5.19. The summed E-state index contributed by atoms with van der Waals surface area (Å²) >= 11 is 0. The van der Waals surface area contributed by atoms with Crippen molar-refractivity contribution in [1.82, 2.24) is 19.4 Å². The molecule has 2 aromatic carbocycles. The highest BCUT2D eigenvalue weighted by Crippen LogP contribution is 2.42. The minimum absolute atomic E-state index is 0.0620. The lowest BCUT2D eigenvalue weighted by atomic mass is 10.1. The number of hydrogen-bond donors (Lipinski definition) is 3. The molecule has 2 fully saturated rings. The number of piperazine rings is 1. The van der Waals surface area contributed by atoms with Gasteiger partial charge in [-0.05, 0) is 55.8 Å². The molecule has 9 nitrogen and oxygen atoms in total. The zero-order valence-electron chi connectivity index (χ0n) is 22.2. The second-order valence-electron chi connectivity index (χ2n) is 10.4. The smallest absolute Gasteiger partial charge is 0.383 e. The summed E-state index contributed by atoms with van der Waals surface area (Å²) in [4.78, 5) is 24.8. The maximum atomic E-state index is 15.2. The number of carbonyl (C=O) groups is 1. The molecule has 6 rings (SSSR count). The van der Waals surface area contributed by atoms with Gasteiger partial charge < -0.3 is 30.7 Å². The molecule has 214 valence electrons. The molecule has 13 heteroatoms. The van der Waals surface area contributed by atoms with E-state index in [4.69, 9.17) is 5.73 Å². The number of carbonyl (C=O) groups excluding carboxylic acids is 1. The number of amides is 2. The first kappa shape index (κ1) is 26.8. The molecule has 2 aliphatic rings. The molecule has 1 aliphatic heterocycles. The van der Waals surface area contributed by atoms with Crippen LogP contribution in [0.3, 0.4) is 0 Å². The average molecular weight is 569 g/mol. The predicted molar refractivity (Wildman–Crippen MR) is 149 cm³/mol. The highest BCUT2D eigenvalue weighted by molar-refractivity contribution is 6.02. The van der Waals surface area contributed by atoms with E-state index in [0.717, 1.165) is 18.9 Å². The number of fused-ring (bicyclic) bond motifs is 1. The van der Waals surface area contributed by atoms with Gasteiger partial charge in [0, 0.05) is 55.4 Å². The molecule has 41 heavy (non-hydrogen) atoms. The second-order valence-corrected chi connectivity index (χ2v) is 10.4. The van der Waals surface area contributed by atoms with E-state index in [9.17, 15) is 18.0 Å². The van der Waals surface area contributed by atoms with Crippen molar-refractivity contribution in [2.24, 2.45) is 0 Å². The Morgan fingerprint density at radius 2 is 1.78 bits per heavy atom. The van der Waals surface area contributed by atoms with Crippen LogP contribution in [-0.2, 0) is 6.18 Å². The molecule has 0 radical (unpaired) electrons. The molecule has 1 saturated heterocycles. The van der Waals surface area contributed by atoms with Crippen LogP contribution in [0.5, 0.6) is 0 Å². The number of nitrogens with one attached hydrogen (secondary N) is 2. The van der Waals surface area contributed by atoms with Crippen molar-refractivity contribution in [1.29, 1.82) is 0 Å². The number of hydrogen-bond acceptors (Lipinski definition) is 6. The first-order valence-electron chi connectivity index (χ1n) is 13.2. The largest absolute Gasteiger partial charge is 0.418 e. The minimum Gasteiger partial charge on any atom is -0.383 e. The van der Waals surface area contributed by atoms with E-state index in [1.165, 1.54) is 30.6 Å². The number of urea groups is 1. The zero-order valence-corrected chi connectivity index (χ0v) is 22.2. The van der Waals surface area contributed by atoms with Crippen molar-refractivity contribution in [2.45, 2.75) is 25.1 Å². The van der Waals surface area contributed by atoms with E-state index >= 15 is 4.39 Å². The third-order valence-electron chi connectivity index (χ3n) is 7.51. The molecule has 0 spiro atoms. The second kappa shape index (κ2) is 10.2. The molecule has 0 bridgehead atoms. The standard InChI is InChI=1S/C28H28F4N8O/c1-38-8-10-39(11-9-38)23-7-3-17(13-20(23)28(30,31)32)36-27(41)37-22-6-2-16(12-21(22)29)19-14-40(18-4-5-18)26-24(19)25(33)34-15-35-26/h2-3,6-7,12-15,18H,4-5,8-11H2,1H3,(H2,33,34,35)(H2,36,37,41). The van der Waals surface area contributed by atoms with E-state index < -0.39 is 23.6 Å². The van der Waals surface area contributed by atoms with Crippen molar-refractivity contribution < 1.29 is 22.4 Å². The van der Waals surface area contributed by atoms with Gasteiger partial charge in [0.15, 0.2) is 0 Å². The predicted octanol–water partition coefficient (Wildman–Crippen LogP) is 5.57. The molecule has 2 aromatic heterocycles. The van der Waals surface area contributed by atoms with Crippen LogP contribution in [0.15, 0.2) is 48.9 Å². The molecular formula is C28H28F4N8O. The number of benzene rings is 2. The lowest BCUT2D eigenvalue weighted by molar-refractivity contribution is -0.137. The monoisotopic (exact) mass is 568 g/mol. The van der Waals surface area contributed by atoms with Crippen LogP contribution in [-0.4, -0.2) is 58.7 Å². The summed E-state index contributed by atoms with van der Waals surface area (Å²) in [5.41, 5.74) is 7.02. The number of likely N-dealkylation sites (N-methyl/N-ethyl adjacent to an activating group) is 1. The molecule has 4 N–H and O–H groups in total. The minimum atomic E-state index is -4.62. The van der Waals surface area contributed by atoms with E-state index in [0.29, 0.717) is 54.4 Å². The fourth-order valence-electron chi connectivity index (χ4n) is 5.19. The summed E-state index contributed by atoms with van der Waals surface area (Å²) < 4.78 is 58.9. The molecule has 0 atom stereocenters. The van der Waals surface area contributed by atoms with Gasteiger partial charge in [-0.1, -0.05) is 6.07 Å². The summed E-state index contributed by atoms with van der Waals surface area (Å²) in [7, 11) is 1.92. The van der Waals surface area contributed by atoms with E-state index in [1.807, 2.05) is 22.7 Å². The summed E-state index contributed by atoms with van der Waals surface area (Å²) in [6.45, 7) is 2.22. The SMILES string of the molecule is CN1CCN(c2ccc(NC(=O)Nc3ccc(-c4cn(C5CC5)c5ncnc(N)c45)cc3F)cc2C(F)(F)F)CC1. The first-order chi connectivity index (χ1) is 19.6. The van der Waals surface area contributed by atoms with Crippen LogP contribution < -0.4 is 21.3 Å². The molecule has 1 aliphatic carbocycles. The van der Waals surface area contributed by atoms with E-state index in [1.54, 1.807) is 11.0 Å². The normalized spacial score (nSPS) is 16.3. The molecule has 2 amide bonds. The molecule has 1 saturated carbocycles. The van der Waals surface area contributed by atoms with Crippen LogP contribution in [0.4, 0.5) is 45.2 Å². The highest BCUT2D eigenvalue weighted by Gasteiger charge is 2.36. The number of anilines is 4. The van der Waals surface area contributed by atoms with Gasteiger partial charge in [-0.15, -0.1) is 0 Å². The quantitative estimate of drug-likeness (QED) is 0.272. The van der Waals surface area contributed by atoms with Crippen LogP contribution >= 0.6 is 0 Å². The van der Waals surface area contributed by atoms with Crippen LogP contribution in [0, 0.1) is 5.82 Å². The summed E-state index contributed by atoms with van der Waals surface area (Å²) in [6, 6.07) is 7.38. The Bertz CT molecular complexity index is 1620. The van der Waals surface area contributed by atoms with Gasteiger partial charge in [-0.2, -0.15) is 13.2 Å². The van der Waals surface area contributed by atoms with Gasteiger partial charge >= 0.3 is 12.2 Å². The highest BCUT2D eigenvalue weighted by atomic mass is 19.4. The van der Waals surface area contributed by atoms with E-state index in [-0.39, 0.29) is 22.9 Å². The van der Waals surface area contributed by atoms with Crippen molar-refractivity contribution in [3.63, 3.8) is 0 Å². The maximum Gasteiger partial charge on any atom is 0.418 e. The van der Waals surface area contributed by atoms with Crippen LogP contribution in [0.2, 0.25) is 0 Å². The number of nitrogens with two attached hydrogens (primary N) is 1. The zero-order chi connectivity index (χ0) is 28.9. The summed E-state index contributed by atoms with van der Waals surface area (Å²) in [5.74, 6) is -0.440. The van der Waals surface area contributed by atoms with Crippen molar-refractivity contribution in [2.75, 3.05) is 54.5 Å². The Kier molecular flexibility index (Phi) is 6.68. The number of alkyl halides is 3. The Morgan fingerprint density at radius 3 is 2.46 bits per heavy atom. The Labute approximate surface area is 233 Å². The topological polar surface area (TPSA) is 104 Å². The molecular weight excluding hydrogens is 540 g/mol. The number of nitrogens with zero attached hydrogens (tertiary/aromatic N) is 5. The lowest BCUT2D eigenvalue weighted by Gasteiger charge is -2.35. The van der Waals surface area contributed by atoms with Crippen LogP contribution in [0.1, 0.15) is 24.4 Å². The fraction of sp³-hybridized carbons (Fsp3) is 0.321. The molecule has 3 heterocycles. The first-order valence-corrected chi connectivity index (χ1v) is 13.2. The number of aromatic nitrogens is 3. The van der Waals surface area contributed by atoms with Gasteiger partial charge in [-0.25, -0.2) is 19.2 Å². The van der Waals surface area contributed by atoms with Gasteiger partial charge in [0.2, 0.25) is 0 Å². The van der Waals surface area contributed by atoms with Gasteiger partial charge in [0.1, 0.15) is 23.6 Å². The van der Waals surface area contributed by atoms with Gasteiger partial charge in [-0.3, -0.25) is 0 Å².